The smallest absolute Gasteiger partial charge is 0.309 e. The summed E-state index contributed by atoms with van der Waals surface area (Å²) in [6.45, 7) is 3.45. The topological polar surface area (TPSA) is 0 Å². The van der Waals surface area contributed by atoms with Gasteiger partial charge in [0.15, 0.2) is 0 Å². The highest BCUT2D eigenvalue weighted by atomic mass is 35.6. The number of hydrogen-bond donors (Lipinski definition) is 0. The Kier molecular flexibility index (Phi) is 7.48. The van der Waals surface area contributed by atoms with E-state index in [-0.39, 0.29) is 5.82 Å². The average molecular weight is 204 g/mol. The van der Waals surface area contributed by atoms with Crippen molar-refractivity contribution in [3.05, 3.63) is 42.6 Å². The van der Waals surface area contributed by atoms with Crippen molar-refractivity contribution in [2.45, 2.75) is 0 Å². The van der Waals surface area contributed by atoms with Gasteiger partial charge in [-0.1, -0.05) is 18.2 Å². The third-order valence-electron chi connectivity index (χ3n) is 0.958. The molecule has 0 bridgehead atoms. The summed E-state index contributed by atoms with van der Waals surface area (Å²) in [6.07, 6.45) is 0. The van der Waals surface area contributed by atoms with Gasteiger partial charge in [-0.15, -0.1) is 0 Å². The van der Waals surface area contributed by atoms with Crippen molar-refractivity contribution < 1.29 is 4.39 Å². The van der Waals surface area contributed by atoms with Gasteiger partial charge in [0.25, 0.3) is 0 Å². The van der Waals surface area contributed by atoms with Crippen molar-refractivity contribution in [3.8, 4) is 0 Å². The number of benzene rings is 1. The van der Waals surface area contributed by atoms with E-state index in [0.29, 0.717) is 5.56 Å². The zero-order valence-corrected chi connectivity index (χ0v) is 8.78. The van der Waals surface area contributed by atoms with Crippen molar-refractivity contribution in [2.24, 2.45) is 0 Å². The van der Waals surface area contributed by atoms with Crippen LogP contribution in [0.1, 0.15) is 5.56 Å². The molecule has 0 aliphatic carbocycles. The predicted octanol–water partition coefficient (Wildman–Crippen LogP) is 3.01. The Morgan fingerprint density at radius 2 is 1.73 bits per heavy atom. The van der Waals surface area contributed by atoms with Gasteiger partial charge in [0.05, 0.1) is 0 Å². The van der Waals surface area contributed by atoms with E-state index in [9.17, 15) is 4.39 Å². The summed E-state index contributed by atoms with van der Waals surface area (Å²) in [5.41, 5.74) is 0.451. The van der Waals surface area contributed by atoms with Crippen LogP contribution in [0, 0.1) is 12.7 Å². The fourth-order valence-electron chi connectivity index (χ4n) is 0.498. The average Bonchev–Trinajstić information content (AvgIpc) is 1.97. The Hall–Kier alpha value is 0.496. The molecule has 0 atom stereocenters. The third-order valence-corrected chi connectivity index (χ3v) is 0.958. The molecule has 0 heterocycles. The lowest BCUT2D eigenvalue weighted by molar-refractivity contribution is 0.623. The molecule has 1 radical (unpaired) electrons. The lowest BCUT2D eigenvalue weighted by Gasteiger charge is -1.89. The Labute approximate surface area is 83.0 Å². The monoisotopic (exact) mass is 203 g/mol. The molecule has 0 aliphatic rings. The summed E-state index contributed by atoms with van der Waals surface area (Å²) in [6, 6.07) is 6.42. The second-order valence-electron chi connectivity index (χ2n) is 1.69. The van der Waals surface area contributed by atoms with E-state index in [0.717, 1.165) is 0 Å². The predicted molar refractivity (Wildman–Crippen MR) is 48.3 cm³/mol. The van der Waals surface area contributed by atoms with Crippen LogP contribution in [0.25, 0.3) is 0 Å². The van der Waals surface area contributed by atoms with Gasteiger partial charge < -0.3 is 18.1 Å². The van der Waals surface area contributed by atoms with Gasteiger partial charge in [-0.25, -0.2) is 4.39 Å². The number of halogens is 3. The minimum absolute atomic E-state index is 0.243. The maximum atomic E-state index is 12.3. The molecule has 57 valence electrons. The van der Waals surface area contributed by atoms with E-state index < -0.39 is 18.2 Å². The molecule has 0 nitrogen and oxygen atoms in total. The summed E-state index contributed by atoms with van der Waals surface area (Å²) in [4.78, 5) is 0. The first-order valence-electron chi connectivity index (χ1n) is 2.90. The minimum Gasteiger partial charge on any atom is -0.309 e. The SMILES string of the molecule is [CH2]c1ccccc1F.[Cl][Mg][Cl]. The summed E-state index contributed by atoms with van der Waals surface area (Å²) >= 11 is -0.639. The second-order valence-corrected chi connectivity index (χ2v) is 4.32. The maximum Gasteiger partial charge on any atom is 0.618 e. The largest absolute Gasteiger partial charge is 0.618 e. The molecule has 11 heavy (non-hydrogen) atoms. The van der Waals surface area contributed by atoms with Crippen LogP contribution in [0.3, 0.4) is 0 Å². The Bertz CT molecular complexity index is 184. The molecule has 4 heteroatoms. The van der Waals surface area contributed by atoms with E-state index in [1.807, 2.05) is 0 Å². The molecule has 0 fully saturated rings. The van der Waals surface area contributed by atoms with Gasteiger partial charge in [0, 0.05) is 0 Å². The van der Waals surface area contributed by atoms with Gasteiger partial charge in [-0.05, 0) is 18.6 Å². The van der Waals surface area contributed by atoms with E-state index in [2.05, 4.69) is 6.92 Å². The first kappa shape index (κ1) is 11.5. The fourth-order valence-corrected chi connectivity index (χ4v) is 0.498. The Morgan fingerprint density at radius 1 is 1.27 bits per heavy atom. The third kappa shape index (κ3) is 5.73. The summed E-state index contributed by atoms with van der Waals surface area (Å²) in [7, 11) is 9.81. The van der Waals surface area contributed by atoms with Gasteiger partial charge in [0.1, 0.15) is 5.82 Å². The molecular formula is C7H6Cl2FMg. The molecule has 0 aromatic heterocycles. The molecule has 0 saturated carbocycles. The van der Waals surface area contributed by atoms with Gasteiger partial charge in [0.2, 0.25) is 0 Å². The summed E-state index contributed by atoms with van der Waals surface area (Å²) in [5, 5.41) is 0. The zero-order chi connectivity index (χ0) is 8.69. The van der Waals surface area contributed by atoms with Crippen molar-refractivity contribution in [1.29, 1.82) is 0 Å². The number of hydrogen-bond acceptors (Lipinski definition) is 0. The highest BCUT2D eigenvalue weighted by Crippen LogP contribution is 2.01. The van der Waals surface area contributed by atoms with Crippen molar-refractivity contribution >= 4 is 36.3 Å². The molecule has 0 amide bonds. The van der Waals surface area contributed by atoms with Crippen molar-refractivity contribution in [3.63, 3.8) is 0 Å². The van der Waals surface area contributed by atoms with Crippen LogP contribution in [-0.2, 0) is 0 Å². The molecule has 0 saturated heterocycles. The summed E-state index contributed by atoms with van der Waals surface area (Å²) in [5.74, 6) is -0.243. The van der Waals surface area contributed by atoms with Crippen molar-refractivity contribution in [2.75, 3.05) is 0 Å². The Balaban J connectivity index is 0.000000292. The first-order valence-corrected chi connectivity index (χ1v) is 7.18. The van der Waals surface area contributed by atoms with Gasteiger partial charge >= 0.3 is 18.2 Å². The molecule has 0 unspecified atom stereocenters. The van der Waals surface area contributed by atoms with Crippen LogP contribution in [-0.4, -0.2) is 18.2 Å². The molecule has 1 rings (SSSR count). The van der Waals surface area contributed by atoms with Crippen LogP contribution in [0.2, 0.25) is 0 Å². The van der Waals surface area contributed by atoms with Gasteiger partial charge in [-0.3, -0.25) is 0 Å². The van der Waals surface area contributed by atoms with E-state index in [1.54, 1.807) is 18.2 Å². The zero-order valence-electron chi connectivity index (χ0n) is 5.86. The normalized spacial score (nSPS) is 7.64. The minimum atomic E-state index is -0.639. The standard InChI is InChI=1S/C7H6F.2ClH.Mg/c1-6-4-2-3-5-7(6)8;;;/h2-5H,1H2;2*1H;/q;;;+2/p-2. The molecular weight excluding hydrogens is 198 g/mol. The van der Waals surface area contributed by atoms with Crippen LogP contribution in [0.15, 0.2) is 24.3 Å². The van der Waals surface area contributed by atoms with Crippen LogP contribution >= 0.6 is 18.1 Å². The van der Waals surface area contributed by atoms with Crippen molar-refractivity contribution in [1.82, 2.24) is 0 Å². The Morgan fingerprint density at radius 3 is 2.00 bits per heavy atom. The fraction of sp³-hybridized carbons (Fsp3) is 0. The summed E-state index contributed by atoms with van der Waals surface area (Å²) < 4.78 is 12.3. The van der Waals surface area contributed by atoms with Crippen LogP contribution in [0.4, 0.5) is 4.39 Å². The van der Waals surface area contributed by atoms with E-state index in [4.69, 9.17) is 18.1 Å². The molecule has 0 aliphatic heterocycles. The molecule has 1 aromatic rings. The lowest BCUT2D eigenvalue weighted by atomic mass is 10.2. The molecule has 0 N–H and O–H groups in total. The molecule has 1 aromatic carbocycles. The molecule has 0 spiro atoms. The quantitative estimate of drug-likeness (QED) is 0.570. The van der Waals surface area contributed by atoms with E-state index in [1.165, 1.54) is 6.07 Å². The second kappa shape index (κ2) is 7.16. The van der Waals surface area contributed by atoms with Gasteiger partial charge in [-0.2, -0.15) is 0 Å². The lowest BCUT2D eigenvalue weighted by Crippen LogP contribution is -1.76. The highest BCUT2D eigenvalue weighted by Gasteiger charge is 1.88. The maximum absolute atomic E-state index is 12.3. The van der Waals surface area contributed by atoms with E-state index >= 15 is 0 Å². The highest BCUT2D eigenvalue weighted by molar-refractivity contribution is 7.22. The van der Waals surface area contributed by atoms with Crippen LogP contribution in [0.5, 0.6) is 0 Å². The number of rotatable bonds is 0. The first-order chi connectivity index (χ1) is 5.22. The van der Waals surface area contributed by atoms with Crippen LogP contribution < -0.4 is 0 Å².